The highest BCUT2D eigenvalue weighted by atomic mass is 16.5. The number of methoxy groups -OCH3 is 1. The van der Waals surface area contributed by atoms with E-state index in [0.717, 1.165) is 25.3 Å². The van der Waals surface area contributed by atoms with Crippen molar-refractivity contribution >= 4 is 0 Å². The molecule has 0 spiro atoms. The Morgan fingerprint density at radius 1 is 1.31 bits per heavy atom. The molecule has 0 aliphatic heterocycles. The lowest BCUT2D eigenvalue weighted by atomic mass is 10.1. The Morgan fingerprint density at radius 3 is 2.75 bits per heavy atom. The van der Waals surface area contributed by atoms with Gasteiger partial charge in [-0.05, 0) is 37.5 Å². The number of rotatable bonds is 7. The third-order valence-corrected chi connectivity index (χ3v) is 2.38. The number of nitrogens with one attached hydrogen (secondary N) is 1. The van der Waals surface area contributed by atoms with Crippen molar-refractivity contribution in [2.45, 2.75) is 20.3 Å². The summed E-state index contributed by atoms with van der Waals surface area (Å²) in [6.45, 7) is 6.34. The highest BCUT2D eigenvalue weighted by Crippen LogP contribution is 2.19. The first kappa shape index (κ1) is 13.0. The number of benzene rings is 1. The SMILES string of the molecule is CCOc1ccc(CCNCOC)cc1C. The minimum absolute atomic E-state index is 0.607. The van der Waals surface area contributed by atoms with Gasteiger partial charge in [0.05, 0.1) is 13.3 Å². The molecule has 1 N–H and O–H groups in total. The molecule has 0 aliphatic carbocycles. The second-order valence-electron chi connectivity index (χ2n) is 3.72. The molecule has 0 aromatic heterocycles. The Balaban J connectivity index is 2.46. The lowest BCUT2D eigenvalue weighted by Gasteiger charge is -2.09. The molecular weight excluding hydrogens is 202 g/mol. The second-order valence-corrected chi connectivity index (χ2v) is 3.72. The van der Waals surface area contributed by atoms with Gasteiger partial charge in [0.15, 0.2) is 0 Å². The van der Waals surface area contributed by atoms with Gasteiger partial charge in [-0.3, -0.25) is 5.32 Å². The van der Waals surface area contributed by atoms with Crippen LogP contribution in [0.15, 0.2) is 18.2 Å². The molecule has 3 heteroatoms. The van der Waals surface area contributed by atoms with Crippen LogP contribution in [0.5, 0.6) is 5.75 Å². The summed E-state index contributed by atoms with van der Waals surface area (Å²) in [4.78, 5) is 0. The maximum Gasteiger partial charge on any atom is 0.122 e. The predicted octanol–water partition coefficient (Wildman–Crippen LogP) is 2.13. The van der Waals surface area contributed by atoms with Crippen LogP contribution in [0.25, 0.3) is 0 Å². The van der Waals surface area contributed by atoms with Crippen LogP contribution in [0, 0.1) is 6.92 Å². The Kier molecular flexibility index (Phi) is 5.90. The largest absolute Gasteiger partial charge is 0.494 e. The Morgan fingerprint density at radius 2 is 2.12 bits per heavy atom. The quantitative estimate of drug-likeness (QED) is 0.567. The Bertz CT molecular complexity index is 313. The Hall–Kier alpha value is -1.06. The van der Waals surface area contributed by atoms with Gasteiger partial charge in [-0.1, -0.05) is 12.1 Å². The minimum Gasteiger partial charge on any atom is -0.494 e. The molecule has 1 aromatic carbocycles. The van der Waals surface area contributed by atoms with E-state index >= 15 is 0 Å². The number of hydrogen-bond donors (Lipinski definition) is 1. The average Bonchev–Trinajstić information content (AvgIpc) is 2.28. The molecule has 0 heterocycles. The van der Waals surface area contributed by atoms with E-state index in [1.165, 1.54) is 11.1 Å². The van der Waals surface area contributed by atoms with Gasteiger partial charge in [-0.15, -0.1) is 0 Å². The monoisotopic (exact) mass is 223 g/mol. The van der Waals surface area contributed by atoms with E-state index in [-0.39, 0.29) is 0 Å². The molecule has 0 amide bonds. The number of ether oxygens (including phenoxy) is 2. The second kappa shape index (κ2) is 7.25. The molecule has 0 fully saturated rings. The van der Waals surface area contributed by atoms with Crippen LogP contribution in [0.3, 0.4) is 0 Å². The van der Waals surface area contributed by atoms with Crippen molar-refractivity contribution in [2.75, 3.05) is 27.0 Å². The van der Waals surface area contributed by atoms with Crippen LogP contribution in [-0.2, 0) is 11.2 Å². The summed E-state index contributed by atoms with van der Waals surface area (Å²) in [5.74, 6) is 0.983. The van der Waals surface area contributed by atoms with Crippen LogP contribution in [0.1, 0.15) is 18.1 Å². The summed E-state index contributed by atoms with van der Waals surface area (Å²) in [6.07, 6.45) is 1.01. The van der Waals surface area contributed by atoms with Crippen molar-refractivity contribution in [2.24, 2.45) is 0 Å². The van der Waals surface area contributed by atoms with Crippen LogP contribution in [0.2, 0.25) is 0 Å². The van der Waals surface area contributed by atoms with Crippen molar-refractivity contribution in [1.82, 2.24) is 5.32 Å². The highest BCUT2D eigenvalue weighted by Gasteiger charge is 2.00. The van der Waals surface area contributed by atoms with Crippen molar-refractivity contribution in [1.29, 1.82) is 0 Å². The Labute approximate surface area is 97.8 Å². The molecular formula is C13H21NO2. The molecule has 0 radical (unpaired) electrons. The molecule has 0 saturated carbocycles. The van der Waals surface area contributed by atoms with Gasteiger partial charge in [-0.25, -0.2) is 0 Å². The zero-order valence-electron chi connectivity index (χ0n) is 10.4. The van der Waals surface area contributed by atoms with Crippen LogP contribution in [-0.4, -0.2) is 27.0 Å². The summed E-state index contributed by atoms with van der Waals surface area (Å²) < 4.78 is 10.4. The lowest BCUT2D eigenvalue weighted by molar-refractivity contribution is 0.176. The summed E-state index contributed by atoms with van der Waals surface area (Å²) in [7, 11) is 1.69. The van der Waals surface area contributed by atoms with Crippen LogP contribution < -0.4 is 10.1 Å². The van der Waals surface area contributed by atoms with Gasteiger partial charge in [0.25, 0.3) is 0 Å². The molecule has 0 aliphatic rings. The minimum atomic E-state index is 0.607. The zero-order chi connectivity index (χ0) is 11.8. The van der Waals surface area contributed by atoms with E-state index in [0.29, 0.717) is 6.73 Å². The summed E-state index contributed by atoms with van der Waals surface area (Å²) in [6, 6.07) is 6.34. The molecule has 16 heavy (non-hydrogen) atoms. The summed E-state index contributed by atoms with van der Waals surface area (Å²) in [5, 5.41) is 3.19. The van der Waals surface area contributed by atoms with E-state index in [1.807, 2.05) is 13.0 Å². The number of aryl methyl sites for hydroxylation is 1. The van der Waals surface area contributed by atoms with Crippen LogP contribution >= 0.6 is 0 Å². The van der Waals surface area contributed by atoms with Crippen molar-refractivity contribution in [3.63, 3.8) is 0 Å². The van der Waals surface area contributed by atoms with E-state index in [1.54, 1.807) is 7.11 Å². The molecule has 1 rings (SSSR count). The predicted molar refractivity (Wildman–Crippen MR) is 65.9 cm³/mol. The first-order valence-electron chi connectivity index (χ1n) is 5.70. The third-order valence-electron chi connectivity index (χ3n) is 2.38. The van der Waals surface area contributed by atoms with E-state index in [2.05, 4.69) is 24.4 Å². The molecule has 0 bridgehead atoms. The fourth-order valence-electron chi connectivity index (χ4n) is 1.59. The fourth-order valence-corrected chi connectivity index (χ4v) is 1.59. The fraction of sp³-hybridized carbons (Fsp3) is 0.538. The molecule has 90 valence electrons. The number of hydrogen-bond acceptors (Lipinski definition) is 3. The first-order valence-corrected chi connectivity index (χ1v) is 5.70. The summed E-state index contributed by atoms with van der Waals surface area (Å²) in [5.41, 5.74) is 2.52. The van der Waals surface area contributed by atoms with E-state index in [9.17, 15) is 0 Å². The van der Waals surface area contributed by atoms with Gasteiger partial charge in [-0.2, -0.15) is 0 Å². The maximum absolute atomic E-state index is 5.50. The normalized spacial score (nSPS) is 10.4. The summed E-state index contributed by atoms with van der Waals surface area (Å²) >= 11 is 0. The van der Waals surface area contributed by atoms with Crippen molar-refractivity contribution in [3.8, 4) is 5.75 Å². The standard InChI is InChI=1S/C13H21NO2/c1-4-16-13-6-5-12(9-11(13)2)7-8-14-10-15-3/h5-6,9,14H,4,7-8,10H2,1-3H3. The van der Waals surface area contributed by atoms with E-state index < -0.39 is 0 Å². The lowest BCUT2D eigenvalue weighted by Crippen LogP contribution is -2.19. The third kappa shape index (κ3) is 4.21. The molecule has 0 atom stereocenters. The van der Waals surface area contributed by atoms with E-state index in [4.69, 9.17) is 9.47 Å². The molecule has 3 nitrogen and oxygen atoms in total. The van der Waals surface area contributed by atoms with Crippen LogP contribution in [0.4, 0.5) is 0 Å². The van der Waals surface area contributed by atoms with Crippen molar-refractivity contribution < 1.29 is 9.47 Å². The first-order chi connectivity index (χ1) is 7.77. The van der Waals surface area contributed by atoms with Gasteiger partial charge in [0.1, 0.15) is 5.75 Å². The van der Waals surface area contributed by atoms with Gasteiger partial charge < -0.3 is 9.47 Å². The van der Waals surface area contributed by atoms with Gasteiger partial charge in [0.2, 0.25) is 0 Å². The zero-order valence-corrected chi connectivity index (χ0v) is 10.4. The smallest absolute Gasteiger partial charge is 0.122 e. The molecule has 0 saturated heterocycles. The van der Waals surface area contributed by atoms with Gasteiger partial charge in [0, 0.05) is 13.7 Å². The highest BCUT2D eigenvalue weighted by molar-refractivity contribution is 5.36. The topological polar surface area (TPSA) is 30.5 Å². The van der Waals surface area contributed by atoms with Gasteiger partial charge >= 0.3 is 0 Å². The molecule has 0 unspecified atom stereocenters. The van der Waals surface area contributed by atoms with Crippen molar-refractivity contribution in [3.05, 3.63) is 29.3 Å². The maximum atomic E-state index is 5.50. The molecule has 1 aromatic rings. The average molecular weight is 223 g/mol.